The van der Waals surface area contributed by atoms with E-state index >= 15 is 0 Å². The van der Waals surface area contributed by atoms with Crippen LogP contribution in [0.5, 0.6) is 0 Å². The van der Waals surface area contributed by atoms with Crippen molar-refractivity contribution < 1.29 is 9.59 Å². The minimum Gasteiger partial charge on any atom is -0.388 e. The van der Waals surface area contributed by atoms with E-state index in [0.717, 1.165) is 0 Å². The van der Waals surface area contributed by atoms with Gasteiger partial charge < -0.3 is 10.6 Å². The number of carbonyl (C=O) groups excluding carboxylic acids is 2. The topological polar surface area (TPSA) is 101 Å². The van der Waals surface area contributed by atoms with Crippen LogP contribution in [0.3, 0.4) is 0 Å². The van der Waals surface area contributed by atoms with E-state index in [-0.39, 0.29) is 23.3 Å². The van der Waals surface area contributed by atoms with Crippen LogP contribution in [-0.2, 0) is 9.59 Å². The van der Waals surface area contributed by atoms with Crippen LogP contribution in [-0.4, -0.2) is 39.4 Å². The Kier molecular flexibility index (Phi) is 3.70. The number of rotatable bonds is 3. The van der Waals surface area contributed by atoms with Crippen molar-refractivity contribution in [3.8, 4) is 0 Å². The van der Waals surface area contributed by atoms with Crippen LogP contribution < -0.4 is 16.0 Å². The Balaban J connectivity index is 2.29. The normalized spacial score (nSPS) is 19.2. The summed E-state index contributed by atoms with van der Waals surface area (Å²) in [6.07, 6.45) is 3.46. The van der Waals surface area contributed by atoms with Gasteiger partial charge in [-0.25, -0.2) is 9.97 Å². The van der Waals surface area contributed by atoms with Crippen LogP contribution in [0.15, 0.2) is 12.4 Å². The van der Waals surface area contributed by atoms with Crippen molar-refractivity contribution in [1.29, 1.82) is 0 Å². The minimum absolute atomic E-state index is 0.0747. The number of nitrogens with zero attached hydrogens (tertiary/aromatic N) is 3. The molecule has 0 aliphatic carbocycles. The largest absolute Gasteiger partial charge is 0.388 e. The average molecular weight is 279 g/mol. The summed E-state index contributed by atoms with van der Waals surface area (Å²) in [5.41, 5.74) is 5.84. The van der Waals surface area contributed by atoms with Crippen LogP contribution in [0.2, 0.25) is 0 Å². The Morgan fingerprint density at radius 1 is 1.53 bits per heavy atom. The van der Waals surface area contributed by atoms with Crippen molar-refractivity contribution in [2.75, 3.05) is 11.4 Å². The summed E-state index contributed by atoms with van der Waals surface area (Å²) in [4.78, 5) is 33.2. The predicted molar refractivity (Wildman–Crippen MR) is 72.5 cm³/mol. The lowest BCUT2D eigenvalue weighted by atomic mass is 10.1. The van der Waals surface area contributed by atoms with Crippen LogP contribution >= 0.6 is 12.2 Å². The van der Waals surface area contributed by atoms with E-state index < -0.39 is 6.04 Å². The molecule has 0 radical (unpaired) electrons. The third kappa shape index (κ3) is 2.68. The molecule has 100 valence electrons. The number of anilines is 1. The second-order valence-corrected chi connectivity index (χ2v) is 4.53. The lowest BCUT2D eigenvalue weighted by Crippen LogP contribution is -2.58. The van der Waals surface area contributed by atoms with Crippen molar-refractivity contribution in [2.45, 2.75) is 19.4 Å². The molecule has 0 spiro atoms. The molecule has 1 saturated heterocycles. The van der Waals surface area contributed by atoms with Gasteiger partial charge in [-0.15, -0.1) is 0 Å². The molecular weight excluding hydrogens is 266 g/mol. The number of thiocarbonyl (C=S) groups is 1. The monoisotopic (exact) mass is 279 g/mol. The molecule has 1 aromatic rings. The number of hydrogen-bond donors (Lipinski definition) is 2. The smallest absolute Gasteiger partial charge is 0.249 e. The highest BCUT2D eigenvalue weighted by Crippen LogP contribution is 2.17. The molecule has 0 bridgehead atoms. The van der Waals surface area contributed by atoms with Crippen molar-refractivity contribution in [1.82, 2.24) is 15.3 Å². The molecule has 1 aliphatic rings. The fourth-order valence-electron chi connectivity index (χ4n) is 1.91. The van der Waals surface area contributed by atoms with Gasteiger partial charge in [0.1, 0.15) is 22.5 Å². The molecule has 1 atom stereocenters. The summed E-state index contributed by atoms with van der Waals surface area (Å²) in [7, 11) is 0. The number of hydrogen-bond acceptors (Lipinski definition) is 6. The number of nitrogens with two attached hydrogens (primary N) is 1. The highest BCUT2D eigenvalue weighted by atomic mass is 32.1. The summed E-state index contributed by atoms with van der Waals surface area (Å²) in [5.74, 6) is -0.219. The van der Waals surface area contributed by atoms with E-state index in [4.69, 9.17) is 18.0 Å². The second-order valence-electron chi connectivity index (χ2n) is 4.09. The maximum atomic E-state index is 11.7. The average Bonchev–Trinajstić information content (AvgIpc) is 2.38. The fraction of sp³-hybridized carbons (Fsp3) is 0.364. The molecule has 3 N–H and O–H groups in total. The Bertz CT molecular complexity index is 530. The van der Waals surface area contributed by atoms with Crippen LogP contribution in [0.1, 0.15) is 19.0 Å². The van der Waals surface area contributed by atoms with Crippen molar-refractivity contribution in [3.63, 3.8) is 0 Å². The predicted octanol–water partition coefficient (Wildman–Crippen LogP) is -0.648. The second kappa shape index (κ2) is 5.27. The zero-order chi connectivity index (χ0) is 14.0. The number of imide groups is 1. The quantitative estimate of drug-likeness (QED) is 0.560. The van der Waals surface area contributed by atoms with Gasteiger partial charge in [0.15, 0.2) is 0 Å². The Morgan fingerprint density at radius 3 is 2.79 bits per heavy atom. The molecule has 19 heavy (non-hydrogen) atoms. The van der Waals surface area contributed by atoms with Gasteiger partial charge >= 0.3 is 0 Å². The Hall–Kier alpha value is -2.09. The Labute approximate surface area is 115 Å². The molecule has 1 unspecified atom stereocenters. The summed E-state index contributed by atoms with van der Waals surface area (Å²) in [5, 5.41) is 2.30. The molecule has 0 saturated carbocycles. The molecule has 1 fully saturated rings. The standard InChI is InChI=1S/C11H13N5O2S/c1-2-7-11(18)15-9(17)5-16(7)8-4-13-6(3-14-8)10(12)19/h3-4,7H,2,5H2,1H3,(H2,12,19)(H,15,17,18). The number of nitrogens with one attached hydrogen (secondary N) is 1. The first-order valence-electron chi connectivity index (χ1n) is 5.75. The molecule has 0 aromatic carbocycles. The van der Waals surface area contributed by atoms with E-state index in [0.29, 0.717) is 17.9 Å². The van der Waals surface area contributed by atoms with E-state index in [9.17, 15) is 9.59 Å². The lowest BCUT2D eigenvalue weighted by molar-refractivity contribution is -0.132. The summed E-state index contributed by atoms with van der Waals surface area (Å²) in [6, 6.07) is -0.428. The van der Waals surface area contributed by atoms with Crippen molar-refractivity contribution in [2.24, 2.45) is 5.73 Å². The Morgan fingerprint density at radius 2 is 2.26 bits per heavy atom. The van der Waals surface area contributed by atoms with E-state index in [1.165, 1.54) is 12.4 Å². The van der Waals surface area contributed by atoms with Gasteiger partial charge in [0.2, 0.25) is 11.8 Å². The lowest BCUT2D eigenvalue weighted by Gasteiger charge is -2.33. The van der Waals surface area contributed by atoms with Gasteiger partial charge in [-0.05, 0) is 6.42 Å². The van der Waals surface area contributed by atoms with Crippen LogP contribution in [0.4, 0.5) is 5.82 Å². The van der Waals surface area contributed by atoms with E-state index in [1.807, 2.05) is 6.92 Å². The minimum atomic E-state index is -0.428. The summed E-state index contributed by atoms with van der Waals surface area (Å²) >= 11 is 4.79. The zero-order valence-corrected chi connectivity index (χ0v) is 11.1. The maximum absolute atomic E-state index is 11.7. The van der Waals surface area contributed by atoms with Gasteiger partial charge in [-0.1, -0.05) is 19.1 Å². The van der Waals surface area contributed by atoms with Gasteiger partial charge in [0.05, 0.1) is 18.9 Å². The third-order valence-electron chi connectivity index (χ3n) is 2.83. The summed E-state index contributed by atoms with van der Waals surface area (Å²) < 4.78 is 0. The molecule has 1 aromatic heterocycles. The van der Waals surface area contributed by atoms with Gasteiger partial charge in [0.25, 0.3) is 0 Å². The van der Waals surface area contributed by atoms with Gasteiger partial charge in [-0.3, -0.25) is 14.9 Å². The third-order valence-corrected chi connectivity index (χ3v) is 3.04. The van der Waals surface area contributed by atoms with Crippen molar-refractivity contribution in [3.05, 3.63) is 18.1 Å². The highest BCUT2D eigenvalue weighted by Gasteiger charge is 2.33. The van der Waals surface area contributed by atoms with Crippen LogP contribution in [0, 0.1) is 0 Å². The molecule has 2 heterocycles. The molecule has 7 nitrogen and oxygen atoms in total. The molecular formula is C11H13N5O2S. The van der Waals surface area contributed by atoms with Crippen molar-refractivity contribution >= 4 is 34.8 Å². The van der Waals surface area contributed by atoms with Gasteiger partial charge in [0, 0.05) is 0 Å². The first-order chi connectivity index (χ1) is 9.02. The van der Waals surface area contributed by atoms with Gasteiger partial charge in [-0.2, -0.15) is 0 Å². The maximum Gasteiger partial charge on any atom is 0.249 e. The highest BCUT2D eigenvalue weighted by molar-refractivity contribution is 7.80. The number of amides is 2. The zero-order valence-electron chi connectivity index (χ0n) is 10.3. The summed E-state index contributed by atoms with van der Waals surface area (Å²) in [6.45, 7) is 1.94. The van der Waals surface area contributed by atoms with E-state index in [1.54, 1.807) is 4.90 Å². The fourth-order valence-corrected chi connectivity index (χ4v) is 2.02. The first kappa shape index (κ1) is 13.3. The van der Waals surface area contributed by atoms with E-state index in [2.05, 4.69) is 15.3 Å². The van der Waals surface area contributed by atoms with Crippen LogP contribution in [0.25, 0.3) is 0 Å². The molecule has 2 rings (SSSR count). The molecule has 1 aliphatic heterocycles. The first-order valence-corrected chi connectivity index (χ1v) is 6.16. The number of carbonyl (C=O) groups is 2. The SMILES string of the molecule is CCC1C(=O)NC(=O)CN1c1cnc(C(N)=S)cn1. The molecule has 8 heteroatoms. The number of aromatic nitrogens is 2. The number of piperazine rings is 1. The molecule has 2 amide bonds.